The predicted molar refractivity (Wildman–Crippen MR) is 67.4 cm³/mol. The number of anilines is 1. The number of aryl methyl sites for hydroxylation is 1. The van der Waals surface area contributed by atoms with Gasteiger partial charge in [0.25, 0.3) is 10.0 Å². The number of aromatic nitrogens is 2. The predicted octanol–water partition coefficient (Wildman–Crippen LogP) is 0.919. The van der Waals surface area contributed by atoms with Crippen LogP contribution < -0.4 is 4.72 Å². The van der Waals surface area contributed by atoms with Crippen molar-refractivity contribution < 1.29 is 18.3 Å². The van der Waals surface area contributed by atoms with Gasteiger partial charge in [-0.05, 0) is 12.1 Å². The Morgan fingerprint density at radius 1 is 1.32 bits per heavy atom. The van der Waals surface area contributed by atoms with Crippen molar-refractivity contribution in [1.29, 1.82) is 0 Å². The van der Waals surface area contributed by atoms with E-state index in [0.29, 0.717) is 0 Å². The van der Waals surface area contributed by atoms with Gasteiger partial charge in [0.2, 0.25) is 0 Å². The van der Waals surface area contributed by atoms with E-state index in [2.05, 4.69) is 9.82 Å². The summed E-state index contributed by atoms with van der Waals surface area (Å²) in [7, 11) is -2.38. The Morgan fingerprint density at radius 2 is 1.95 bits per heavy atom. The third kappa shape index (κ3) is 2.58. The molecule has 0 fully saturated rings. The molecule has 0 aliphatic heterocycles. The Morgan fingerprint density at radius 3 is 2.53 bits per heavy atom. The van der Waals surface area contributed by atoms with Crippen molar-refractivity contribution in [1.82, 2.24) is 9.78 Å². The molecule has 1 aromatic carbocycles. The van der Waals surface area contributed by atoms with Crippen LogP contribution in [0.25, 0.3) is 0 Å². The summed E-state index contributed by atoms with van der Waals surface area (Å²) >= 11 is 0. The number of sulfonamides is 1. The zero-order chi connectivity index (χ0) is 14.0. The molecule has 0 spiro atoms. The van der Waals surface area contributed by atoms with Crippen LogP contribution in [-0.4, -0.2) is 29.3 Å². The summed E-state index contributed by atoms with van der Waals surface area (Å²) < 4.78 is 27.5. The van der Waals surface area contributed by atoms with Crippen LogP contribution in [0.1, 0.15) is 10.4 Å². The topological polar surface area (TPSA) is 101 Å². The lowest BCUT2D eigenvalue weighted by Crippen LogP contribution is -2.17. The van der Waals surface area contributed by atoms with Crippen LogP contribution in [0.3, 0.4) is 0 Å². The first-order valence-corrected chi connectivity index (χ1v) is 6.73. The fraction of sp³-hybridized carbons (Fsp3) is 0.0909. The molecule has 0 atom stereocenters. The maximum atomic E-state index is 12.1. The standard InChI is InChI=1S/C11H11N3O4S/c1-14-10(9(7-12-14)11(15)16)13-19(17,18)8-5-3-2-4-6-8/h2-7,13H,1H3,(H,15,16). The molecule has 2 rings (SSSR count). The molecular weight excluding hydrogens is 270 g/mol. The minimum absolute atomic E-state index is 0.0486. The van der Waals surface area contributed by atoms with Gasteiger partial charge in [0.1, 0.15) is 5.56 Å². The second-order valence-electron chi connectivity index (χ2n) is 3.75. The fourth-order valence-corrected chi connectivity index (χ4v) is 2.63. The number of nitrogens with one attached hydrogen (secondary N) is 1. The molecule has 7 nitrogen and oxygen atoms in total. The smallest absolute Gasteiger partial charge is 0.341 e. The number of nitrogens with zero attached hydrogens (tertiary/aromatic N) is 2. The molecule has 0 bridgehead atoms. The van der Waals surface area contributed by atoms with Crippen molar-refractivity contribution in [3.63, 3.8) is 0 Å². The van der Waals surface area contributed by atoms with Gasteiger partial charge in [-0.2, -0.15) is 5.10 Å². The molecule has 0 saturated heterocycles. The Balaban J connectivity index is 2.42. The Labute approximate surface area is 109 Å². The van der Waals surface area contributed by atoms with Crippen molar-refractivity contribution >= 4 is 21.8 Å². The van der Waals surface area contributed by atoms with Gasteiger partial charge >= 0.3 is 5.97 Å². The van der Waals surface area contributed by atoms with E-state index in [0.717, 1.165) is 10.9 Å². The maximum absolute atomic E-state index is 12.1. The summed E-state index contributed by atoms with van der Waals surface area (Å²) in [5.74, 6) is -1.34. The SMILES string of the molecule is Cn1ncc(C(=O)O)c1NS(=O)(=O)c1ccccc1. The number of carbonyl (C=O) groups is 1. The number of carboxylic acids is 1. The first kappa shape index (κ1) is 13.1. The third-order valence-electron chi connectivity index (χ3n) is 2.45. The summed E-state index contributed by atoms with van der Waals surface area (Å²) in [5, 5.41) is 12.7. The van der Waals surface area contributed by atoms with Crippen LogP contribution in [0, 0.1) is 0 Å². The van der Waals surface area contributed by atoms with Crippen LogP contribution in [-0.2, 0) is 17.1 Å². The second-order valence-corrected chi connectivity index (χ2v) is 5.44. The molecule has 0 radical (unpaired) electrons. The van der Waals surface area contributed by atoms with Gasteiger partial charge in [0.05, 0.1) is 11.1 Å². The van der Waals surface area contributed by atoms with Crippen LogP contribution in [0.2, 0.25) is 0 Å². The summed E-state index contributed by atoms with van der Waals surface area (Å²) in [6.07, 6.45) is 1.09. The maximum Gasteiger partial charge on any atom is 0.341 e. The average molecular weight is 281 g/mol. The lowest BCUT2D eigenvalue weighted by molar-refractivity contribution is 0.0698. The molecule has 2 aromatic rings. The van der Waals surface area contributed by atoms with Crippen molar-refractivity contribution in [2.45, 2.75) is 4.90 Å². The normalized spacial score (nSPS) is 11.2. The Kier molecular flexibility index (Phi) is 3.26. The lowest BCUT2D eigenvalue weighted by atomic mass is 10.3. The molecule has 8 heteroatoms. The zero-order valence-corrected chi connectivity index (χ0v) is 10.8. The van der Waals surface area contributed by atoms with E-state index in [1.54, 1.807) is 18.2 Å². The second kappa shape index (κ2) is 4.73. The monoisotopic (exact) mass is 281 g/mol. The molecule has 0 aliphatic rings. The van der Waals surface area contributed by atoms with E-state index < -0.39 is 16.0 Å². The van der Waals surface area contributed by atoms with Crippen LogP contribution in [0.4, 0.5) is 5.82 Å². The van der Waals surface area contributed by atoms with Gasteiger partial charge in [0.15, 0.2) is 5.82 Å². The summed E-state index contributed by atoms with van der Waals surface area (Å²) in [4.78, 5) is 11.0. The molecule has 2 N–H and O–H groups in total. The number of hydrogen-bond acceptors (Lipinski definition) is 4. The largest absolute Gasteiger partial charge is 0.477 e. The molecule has 1 aromatic heterocycles. The first-order valence-electron chi connectivity index (χ1n) is 5.25. The Hall–Kier alpha value is -2.35. The van der Waals surface area contributed by atoms with Crippen LogP contribution >= 0.6 is 0 Å². The van der Waals surface area contributed by atoms with Crippen molar-refractivity contribution in [2.75, 3.05) is 4.72 Å². The molecule has 1 heterocycles. The first-order chi connectivity index (χ1) is 8.92. The van der Waals surface area contributed by atoms with Gasteiger partial charge in [-0.15, -0.1) is 0 Å². The third-order valence-corrected chi connectivity index (χ3v) is 3.81. The van der Waals surface area contributed by atoms with Gasteiger partial charge in [0, 0.05) is 7.05 Å². The highest BCUT2D eigenvalue weighted by molar-refractivity contribution is 7.92. The molecule has 19 heavy (non-hydrogen) atoms. The molecule has 0 unspecified atom stereocenters. The molecule has 0 saturated carbocycles. The van der Waals surface area contributed by atoms with Crippen LogP contribution in [0.5, 0.6) is 0 Å². The zero-order valence-electron chi connectivity index (χ0n) is 9.94. The van der Waals surface area contributed by atoms with E-state index in [1.807, 2.05) is 0 Å². The molecular formula is C11H11N3O4S. The van der Waals surface area contributed by atoms with Crippen molar-refractivity contribution in [3.8, 4) is 0 Å². The van der Waals surface area contributed by atoms with Gasteiger partial charge in [-0.1, -0.05) is 18.2 Å². The van der Waals surface area contributed by atoms with E-state index >= 15 is 0 Å². The number of carboxylic acid groups (broad SMARTS) is 1. The minimum atomic E-state index is -3.84. The van der Waals surface area contributed by atoms with Gasteiger partial charge in [-0.25, -0.2) is 13.2 Å². The highest BCUT2D eigenvalue weighted by Gasteiger charge is 2.21. The summed E-state index contributed by atoms with van der Waals surface area (Å²) in [6, 6.07) is 7.68. The number of rotatable bonds is 4. The Bertz CT molecular complexity index is 707. The molecule has 0 aliphatic carbocycles. The van der Waals surface area contributed by atoms with Crippen molar-refractivity contribution in [3.05, 3.63) is 42.1 Å². The molecule has 0 amide bonds. The van der Waals surface area contributed by atoms with Crippen molar-refractivity contribution in [2.24, 2.45) is 7.05 Å². The number of aromatic carboxylic acids is 1. The molecule has 100 valence electrons. The highest BCUT2D eigenvalue weighted by Crippen LogP contribution is 2.19. The fourth-order valence-electron chi connectivity index (χ4n) is 1.50. The number of benzene rings is 1. The van der Waals surface area contributed by atoms with Gasteiger partial charge in [-0.3, -0.25) is 9.40 Å². The van der Waals surface area contributed by atoms with E-state index in [1.165, 1.54) is 19.2 Å². The minimum Gasteiger partial charge on any atom is -0.477 e. The van der Waals surface area contributed by atoms with E-state index in [9.17, 15) is 13.2 Å². The van der Waals surface area contributed by atoms with Gasteiger partial charge < -0.3 is 5.11 Å². The van der Waals surface area contributed by atoms with E-state index in [-0.39, 0.29) is 16.3 Å². The average Bonchev–Trinajstić information content (AvgIpc) is 2.72. The highest BCUT2D eigenvalue weighted by atomic mass is 32.2. The number of hydrogen-bond donors (Lipinski definition) is 2. The summed E-state index contributed by atoms with van der Waals surface area (Å²) in [5.41, 5.74) is -0.206. The quantitative estimate of drug-likeness (QED) is 0.867. The lowest BCUT2D eigenvalue weighted by Gasteiger charge is -2.09. The van der Waals surface area contributed by atoms with E-state index in [4.69, 9.17) is 5.11 Å². The summed E-state index contributed by atoms with van der Waals surface area (Å²) in [6.45, 7) is 0. The van der Waals surface area contributed by atoms with Crippen LogP contribution in [0.15, 0.2) is 41.4 Å².